The van der Waals surface area contributed by atoms with Crippen LogP contribution >= 0.6 is 0 Å². The number of nitrogens with one attached hydrogen (secondary N) is 1. The molecule has 2 aromatic carbocycles. The fourth-order valence-corrected chi connectivity index (χ4v) is 3.44. The van der Waals surface area contributed by atoms with Gasteiger partial charge in [0.2, 0.25) is 0 Å². The first-order valence-electron chi connectivity index (χ1n) is 10.8. The SMILES string of the molecule is Nc1c(C(=O)NC[C@](O)(CN(CCO)C(=O)c2c(F)cccc2F)C(F)(F)F)cnn1-c1ccc(F)cc1. The molecule has 15 heteroatoms. The van der Waals surface area contributed by atoms with Gasteiger partial charge >= 0.3 is 6.18 Å². The van der Waals surface area contributed by atoms with E-state index in [1.165, 1.54) is 12.1 Å². The Morgan fingerprint density at radius 1 is 1.05 bits per heavy atom. The van der Waals surface area contributed by atoms with Crippen LogP contribution in [0.15, 0.2) is 48.7 Å². The Morgan fingerprint density at radius 2 is 1.66 bits per heavy atom. The van der Waals surface area contributed by atoms with E-state index >= 15 is 0 Å². The van der Waals surface area contributed by atoms with Gasteiger partial charge in [-0.25, -0.2) is 17.9 Å². The lowest BCUT2D eigenvalue weighted by atomic mass is 10.0. The molecule has 1 atom stereocenters. The minimum atomic E-state index is -5.45. The molecule has 0 radical (unpaired) electrons. The molecule has 1 aromatic heterocycles. The van der Waals surface area contributed by atoms with Crippen LogP contribution in [0.2, 0.25) is 0 Å². The molecule has 38 heavy (non-hydrogen) atoms. The second kappa shape index (κ2) is 11.1. The summed E-state index contributed by atoms with van der Waals surface area (Å²) in [5.74, 6) is -6.34. The van der Waals surface area contributed by atoms with Gasteiger partial charge in [-0.05, 0) is 36.4 Å². The van der Waals surface area contributed by atoms with Crippen molar-refractivity contribution in [1.29, 1.82) is 0 Å². The first kappa shape index (κ1) is 28.5. The van der Waals surface area contributed by atoms with E-state index in [0.29, 0.717) is 12.1 Å². The Bertz CT molecular complexity index is 1290. The van der Waals surface area contributed by atoms with Crippen LogP contribution in [-0.4, -0.2) is 74.7 Å². The van der Waals surface area contributed by atoms with Crippen molar-refractivity contribution in [3.05, 3.63) is 77.2 Å². The van der Waals surface area contributed by atoms with E-state index in [4.69, 9.17) is 5.73 Å². The summed E-state index contributed by atoms with van der Waals surface area (Å²) < 4.78 is 84.0. The quantitative estimate of drug-likeness (QED) is 0.304. The van der Waals surface area contributed by atoms with E-state index < -0.39 is 72.8 Å². The average Bonchev–Trinajstić information content (AvgIpc) is 3.23. The molecule has 0 aliphatic carbocycles. The summed E-state index contributed by atoms with van der Waals surface area (Å²) in [6.07, 6.45) is -4.52. The number of amides is 2. The van der Waals surface area contributed by atoms with Crippen molar-refractivity contribution in [3.8, 4) is 5.69 Å². The normalized spacial score (nSPS) is 13.2. The van der Waals surface area contributed by atoms with E-state index in [1.807, 2.05) is 5.32 Å². The van der Waals surface area contributed by atoms with E-state index in [0.717, 1.165) is 29.1 Å². The molecule has 0 unspecified atom stereocenters. The van der Waals surface area contributed by atoms with Gasteiger partial charge < -0.3 is 26.2 Å². The minimum absolute atomic E-state index is 0.210. The van der Waals surface area contributed by atoms with E-state index in [2.05, 4.69) is 5.10 Å². The van der Waals surface area contributed by atoms with E-state index in [9.17, 15) is 46.1 Å². The fraction of sp³-hybridized carbons (Fsp3) is 0.261. The topological polar surface area (TPSA) is 134 Å². The lowest BCUT2D eigenvalue weighted by Gasteiger charge is -2.35. The number of rotatable bonds is 9. The zero-order chi connectivity index (χ0) is 28.3. The third-order valence-corrected chi connectivity index (χ3v) is 5.48. The van der Waals surface area contributed by atoms with Crippen LogP contribution in [0.3, 0.4) is 0 Å². The predicted molar refractivity (Wildman–Crippen MR) is 121 cm³/mol. The van der Waals surface area contributed by atoms with Crippen LogP contribution in [0.4, 0.5) is 32.2 Å². The molecule has 0 saturated carbocycles. The van der Waals surface area contributed by atoms with Crippen LogP contribution in [-0.2, 0) is 0 Å². The highest BCUT2D eigenvalue weighted by Gasteiger charge is 2.55. The maximum absolute atomic E-state index is 14.1. The van der Waals surface area contributed by atoms with Crippen molar-refractivity contribution >= 4 is 17.6 Å². The number of aliphatic hydroxyl groups excluding tert-OH is 1. The number of hydrogen-bond donors (Lipinski definition) is 4. The molecular weight excluding hydrogens is 524 g/mol. The Hall–Kier alpha value is -4.11. The van der Waals surface area contributed by atoms with Crippen molar-refractivity contribution in [1.82, 2.24) is 20.0 Å². The van der Waals surface area contributed by atoms with Gasteiger partial charge in [-0.15, -0.1) is 0 Å². The van der Waals surface area contributed by atoms with Crippen LogP contribution < -0.4 is 11.1 Å². The highest BCUT2D eigenvalue weighted by Crippen LogP contribution is 2.32. The second-order valence-corrected chi connectivity index (χ2v) is 8.09. The summed E-state index contributed by atoms with van der Waals surface area (Å²) in [5, 5.41) is 25.4. The number of hydrogen-bond acceptors (Lipinski definition) is 6. The standard InChI is InChI=1S/C23H21F6N5O4/c24-13-4-6-14(7-5-13)34-19(30)15(10-32-34)20(36)31-11-22(38,23(27,28)29)12-33(8-9-35)21(37)18-16(25)2-1-3-17(18)26/h1-7,10,35,38H,8-9,11-12,30H2,(H,31,36)/t22-/m0/s1. The van der Waals surface area contributed by atoms with Crippen molar-refractivity contribution in [2.24, 2.45) is 0 Å². The highest BCUT2D eigenvalue weighted by molar-refractivity contribution is 5.98. The average molecular weight is 545 g/mol. The number of anilines is 1. The van der Waals surface area contributed by atoms with Crippen molar-refractivity contribution in [3.63, 3.8) is 0 Å². The highest BCUT2D eigenvalue weighted by atomic mass is 19.4. The number of aliphatic hydroxyl groups is 2. The predicted octanol–water partition coefficient (Wildman–Crippen LogP) is 2.03. The molecule has 3 rings (SSSR count). The van der Waals surface area contributed by atoms with Gasteiger partial charge in [0.15, 0.2) is 5.60 Å². The second-order valence-electron chi connectivity index (χ2n) is 8.09. The van der Waals surface area contributed by atoms with Gasteiger partial charge in [0.25, 0.3) is 11.8 Å². The molecular formula is C23H21F6N5O4. The molecule has 0 spiro atoms. The van der Waals surface area contributed by atoms with Crippen LogP contribution in [0.5, 0.6) is 0 Å². The van der Waals surface area contributed by atoms with Crippen LogP contribution in [0.25, 0.3) is 5.69 Å². The lowest BCUT2D eigenvalue weighted by molar-refractivity contribution is -0.260. The largest absolute Gasteiger partial charge is 0.420 e. The fourth-order valence-electron chi connectivity index (χ4n) is 3.44. The van der Waals surface area contributed by atoms with Gasteiger partial charge in [-0.2, -0.15) is 18.3 Å². The number of nitrogens with zero attached hydrogens (tertiary/aromatic N) is 3. The Balaban J connectivity index is 1.83. The van der Waals surface area contributed by atoms with Crippen molar-refractivity contribution in [2.45, 2.75) is 11.8 Å². The molecule has 3 aromatic rings. The molecule has 0 aliphatic heterocycles. The number of carbonyl (C=O) groups is 2. The van der Waals surface area contributed by atoms with Gasteiger partial charge in [0.05, 0.1) is 31.6 Å². The zero-order valence-corrected chi connectivity index (χ0v) is 19.3. The van der Waals surface area contributed by atoms with Gasteiger partial charge in [0, 0.05) is 6.54 Å². The molecule has 204 valence electrons. The van der Waals surface area contributed by atoms with Crippen LogP contribution in [0.1, 0.15) is 20.7 Å². The van der Waals surface area contributed by atoms with Gasteiger partial charge in [-0.3, -0.25) is 9.59 Å². The Morgan fingerprint density at radius 3 is 2.21 bits per heavy atom. The number of nitrogen functional groups attached to an aromatic ring is 1. The minimum Gasteiger partial charge on any atom is -0.395 e. The molecule has 2 amide bonds. The summed E-state index contributed by atoms with van der Waals surface area (Å²) in [5.41, 5.74) is 0.733. The summed E-state index contributed by atoms with van der Waals surface area (Å²) in [6.45, 7) is -4.82. The smallest absolute Gasteiger partial charge is 0.395 e. The summed E-state index contributed by atoms with van der Waals surface area (Å²) in [4.78, 5) is 25.5. The Kier molecular flexibility index (Phi) is 8.31. The van der Waals surface area contributed by atoms with Gasteiger partial charge in [-0.1, -0.05) is 6.07 Å². The number of benzene rings is 2. The van der Waals surface area contributed by atoms with E-state index in [1.54, 1.807) is 0 Å². The third-order valence-electron chi connectivity index (χ3n) is 5.48. The molecule has 0 saturated heterocycles. The number of aromatic nitrogens is 2. The van der Waals surface area contributed by atoms with Crippen molar-refractivity contribution in [2.75, 3.05) is 32.0 Å². The number of halogens is 6. The monoisotopic (exact) mass is 545 g/mol. The maximum Gasteiger partial charge on any atom is 0.420 e. The molecule has 9 nitrogen and oxygen atoms in total. The summed E-state index contributed by atoms with van der Waals surface area (Å²) in [7, 11) is 0. The molecule has 5 N–H and O–H groups in total. The summed E-state index contributed by atoms with van der Waals surface area (Å²) in [6, 6.07) is 7.10. The van der Waals surface area contributed by atoms with Gasteiger partial charge in [0.1, 0.15) is 34.4 Å². The maximum atomic E-state index is 14.1. The molecule has 0 aliphatic rings. The third kappa shape index (κ3) is 5.89. The first-order chi connectivity index (χ1) is 17.8. The van der Waals surface area contributed by atoms with Crippen LogP contribution in [0, 0.1) is 17.5 Å². The molecule has 0 bridgehead atoms. The zero-order valence-electron chi connectivity index (χ0n) is 19.3. The Labute approximate surface area is 211 Å². The number of nitrogens with two attached hydrogens (primary N) is 1. The van der Waals surface area contributed by atoms with Crippen molar-refractivity contribution < 1.29 is 46.1 Å². The number of carbonyl (C=O) groups excluding carboxylic acids is 2. The first-order valence-corrected chi connectivity index (χ1v) is 10.8. The summed E-state index contributed by atoms with van der Waals surface area (Å²) >= 11 is 0. The number of alkyl halides is 3. The lowest BCUT2D eigenvalue weighted by Crippen LogP contribution is -2.61. The molecule has 1 heterocycles. The van der Waals surface area contributed by atoms with E-state index in [-0.39, 0.29) is 22.0 Å². The molecule has 0 fully saturated rings.